The smallest absolute Gasteiger partial charge is 0.0513 e. The molecule has 0 saturated carbocycles. The third-order valence-electron chi connectivity index (χ3n) is 3.07. The predicted molar refractivity (Wildman–Crippen MR) is 65.3 cm³/mol. The van der Waals surface area contributed by atoms with Gasteiger partial charge in [-0.1, -0.05) is 11.6 Å². The van der Waals surface area contributed by atoms with E-state index in [9.17, 15) is 0 Å². The Balaban J connectivity index is 2.97. The van der Waals surface area contributed by atoms with Crippen LogP contribution < -0.4 is 5.73 Å². The molecule has 1 aromatic carbocycles. The van der Waals surface area contributed by atoms with Gasteiger partial charge in [0.05, 0.1) is 5.52 Å². The third-order valence-corrected chi connectivity index (χ3v) is 3.29. The van der Waals surface area contributed by atoms with Gasteiger partial charge in [-0.25, -0.2) is 0 Å². The molecule has 80 valence electrons. The molecule has 0 spiro atoms. The Labute approximate surface area is 94.6 Å². The fourth-order valence-electron chi connectivity index (χ4n) is 2.23. The van der Waals surface area contributed by atoms with E-state index in [1.807, 2.05) is 12.1 Å². The normalized spacial score (nSPS) is 11.3. The summed E-state index contributed by atoms with van der Waals surface area (Å²) in [6, 6.07) is 3.99. The van der Waals surface area contributed by atoms with Gasteiger partial charge in [0.1, 0.15) is 0 Å². The van der Waals surface area contributed by atoms with Crippen LogP contribution in [0.1, 0.15) is 16.8 Å². The molecule has 3 heteroatoms. The van der Waals surface area contributed by atoms with Crippen molar-refractivity contribution >= 4 is 22.5 Å². The van der Waals surface area contributed by atoms with Gasteiger partial charge in [0, 0.05) is 29.7 Å². The van der Waals surface area contributed by atoms with E-state index in [1.54, 1.807) is 0 Å². The molecule has 15 heavy (non-hydrogen) atoms. The summed E-state index contributed by atoms with van der Waals surface area (Å²) in [4.78, 5) is 0. The predicted octanol–water partition coefficient (Wildman–Crippen LogP) is 2.91. The number of hydrogen-bond acceptors (Lipinski definition) is 1. The lowest BCUT2D eigenvalue weighted by Crippen LogP contribution is -1.99. The second kappa shape index (κ2) is 3.54. The Bertz CT molecular complexity index is 526. The van der Waals surface area contributed by atoms with Crippen molar-refractivity contribution in [3.05, 3.63) is 34.0 Å². The molecule has 0 saturated heterocycles. The third kappa shape index (κ3) is 1.45. The number of nitrogens with zero attached hydrogens (tertiary/aromatic N) is 1. The number of fused-ring (bicyclic) bond motifs is 1. The highest BCUT2D eigenvalue weighted by Crippen LogP contribution is 2.30. The van der Waals surface area contributed by atoms with Crippen molar-refractivity contribution in [2.75, 3.05) is 0 Å². The highest BCUT2D eigenvalue weighted by atomic mass is 35.5. The first-order valence-corrected chi connectivity index (χ1v) is 5.38. The summed E-state index contributed by atoms with van der Waals surface area (Å²) in [5.74, 6) is 0. The van der Waals surface area contributed by atoms with Gasteiger partial charge >= 0.3 is 0 Å². The Morgan fingerprint density at radius 1 is 1.33 bits per heavy atom. The van der Waals surface area contributed by atoms with Crippen molar-refractivity contribution < 1.29 is 0 Å². The number of benzene rings is 1. The Morgan fingerprint density at radius 2 is 2.00 bits per heavy atom. The highest BCUT2D eigenvalue weighted by Gasteiger charge is 2.12. The van der Waals surface area contributed by atoms with Gasteiger partial charge in [0.2, 0.25) is 0 Å². The van der Waals surface area contributed by atoms with Gasteiger partial charge in [-0.2, -0.15) is 0 Å². The first-order chi connectivity index (χ1) is 7.06. The van der Waals surface area contributed by atoms with E-state index in [-0.39, 0.29) is 0 Å². The number of nitrogens with two attached hydrogens (primary N) is 1. The molecule has 0 aliphatic heterocycles. The Morgan fingerprint density at radius 3 is 2.60 bits per heavy atom. The standard InChI is InChI=1S/C12H15ClN2/c1-7-4-9(13)5-10-11(6-14)8(2)15(3)12(7)10/h4-5H,6,14H2,1-3H3. The van der Waals surface area contributed by atoms with Crippen LogP contribution in [0.3, 0.4) is 0 Å². The molecule has 2 rings (SSSR count). The van der Waals surface area contributed by atoms with Crippen LogP contribution in [0.25, 0.3) is 10.9 Å². The zero-order valence-electron chi connectivity index (χ0n) is 9.26. The van der Waals surface area contributed by atoms with Crippen LogP contribution >= 0.6 is 11.6 Å². The van der Waals surface area contributed by atoms with Crippen molar-refractivity contribution in [2.45, 2.75) is 20.4 Å². The fourth-order valence-corrected chi connectivity index (χ4v) is 2.51. The first-order valence-electron chi connectivity index (χ1n) is 5.00. The lowest BCUT2D eigenvalue weighted by molar-refractivity contribution is 0.891. The van der Waals surface area contributed by atoms with Crippen LogP contribution in [-0.4, -0.2) is 4.57 Å². The van der Waals surface area contributed by atoms with Crippen molar-refractivity contribution in [2.24, 2.45) is 12.8 Å². The summed E-state index contributed by atoms with van der Waals surface area (Å²) in [7, 11) is 2.07. The SMILES string of the molecule is Cc1cc(Cl)cc2c(CN)c(C)n(C)c12. The minimum absolute atomic E-state index is 0.558. The van der Waals surface area contributed by atoms with Crippen molar-refractivity contribution in [3.63, 3.8) is 0 Å². The summed E-state index contributed by atoms with van der Waals surface area (Å²) in [6.07, 6.45) is 0. The Kier molecular flexibility index (Phi) is 2.49. The average Bonchev–Trinajstić information content (AvgIpc) is 2.39. The van der Waals surface area contributed by atoms with Gasteiger partial charge in [0.15, 0.2) is 0 Å². The van der Waals surface area contributed by atoms with Crippen LogP contribution in [0, 0.1) is 13.8 Å². The van der Waals surface area contributed by atoms with Crippen LogP contribution in [0.4, 0.5) is 0 Å². The molecule has 2 aromatic rings. The number of aromatic nitrogens is 1. The lowest BCUT2D eigenvalue weighted by atomic mass is 10.1. The first kappa shape index (κ1) is 10.5. The van der Waals surface area contributed by atoms with Gasteiger partial charge in [-0.15, -0.1) is 0 Å². The maximum atomic E-state index is 6.06. The number of halogens is 1. The molecule has 0 fully saturated rings. The van der Waals surface area contributed by atoms with Crippen LogP contribution in [-0.2, 0) is 13.6 Å². The summed E-state index contributed by atoms with van der Waals surface area (Å²) in [6.45, 7) is 4.73. The zero-order valence-corrected chi connectivity index (χ0v) is 10.0. The average molecular weight is 223 g/mol. The maximum Gasteiger partial charge on any atom is 0.0513 e. The lowest BCUT2D eigenvalue weighted by Gasteiger charge is -2.02. The summed E-state index contributed by atoms with van der Waals surface area (Å²) in [5.41, 5.74) is 10.6. The van der Waals surface area contributed by atoms with Gasteiger partial charge in [0.25, 0.3) is 0 Å². The van der Waals surface area contributed by atoms with E-state index < -0.39 is 0 Å². The summed E-state index contributed by atoms with van der Waals surface area (Å²) < 4.78 is 2.18. The molecule has 1 heterocycles. The Hall–Kier alpha value is -0.990. The van der Waals surface area contributed by atoms with Gasteiger partial charge in [-0.3, -0.25) is 0 Å². The molecule has 1 aromatic heterocycles. The minimum Gasteiger partial charge on any atom is -0.347 e. The van der Waals surface area contributed by atoms with Crippen LogP contribution in [0.2, 0.25) is 5.02 Å². The van der Waals surface area contributed by atoms with E-state index in [4.69, 9.17) is 17.3 Å². The molecular formula is C12H15ClN2. The van der Waals surface area contributed by atoms with Crippen molar-refractivity contribution in [1.29, 1.82) is 0 Å². The summed E-state index contributed by atoms with van der Waals surface area (Å²) in [5, 5.41) is 1.96. The molecule has 0 atom stereocenters. The fraction of sp³-hybridized carbons (Fsp3) is 0.333. The van der Waals surface area contributed by atoms with Crippen LogP contribution in [0.15, 0.2) is 12.1 Å². The molecule has 0 amide bonds. The second-order valence-corrected chi connectivity index (χ2v) is 4.38. The molecule has 0 radical (unpaired) electrons. The van der Waals surface area contributed by atoms with Crippen molar-refractivity contribution in [1.82, 2.24) is 4.57 Å². The second-order valence-electron chi connectivity index (χ2n) is 3.95. The molecular weight excluding hydrogens is 208 g/mol. The number of rotatable bonds is 1. The van der Waals surface area contributed by atoms with E-state index in [2.05, 4.69) is 25.5 Å². The van der Waals surface area contributed by atoms with E-state index in [1.165, 1.54) is 27.7 Å². The molecule has 2 N–H and O–H groups in total. The number of hydrogen-bond donors (Lipinski definition) is 1. The zero-order chi connectivity index (χ0) is 11.2. The largest absolute Gasteiger partial charge is 0.347 e. The molecule has 2 nitrogen and oxygen atoms in total. The van der Waals surface area contributed by atoms with E-state index in [0.717, 1.165) is 5.02 Å². The monoisotopic (exact) mass is 222 g/mol. The molecule has 0 bridgehead atoms. The molecule has 0 aliphatic rings. The minimum atomic E-state index is 0.558. The van der Waals surface area contributed by atoms with E-state index in [0.29, 0.717) is 6.54 Å². The van der Waals surface area contributed by atoms with Crippen LogP contribution in [0.5, 0.6) is 0 Å². The van der Waals surface area contributed by atoms with Gasteiger partial charge < -0.3 is 10.3 Å². The maximum absolute atomic E-state index is 6.06. The quantitative estimate of drug-likeness (QED) is 0.791. The highest BCUT2D eigenvalue weighted by molar-refractivity contribution is 6.31. The molecule has 0 aliphatic carbocycles. The van der Waals surface area contributed by atoms with Gasteiger partial charge in [-0.05, 0) is 37.1 Å². The van der Waals surface area contributed by atoms with Crippen molar-refractivity contribution in [3.8, 4) is 0 Å². The topological polar surface area (TPSA) is 30.9 Å². The molecule has 0 unspecified atom stereocenters. The summed E-state index contributed by atoms with van der Waals surface area (Å²) >= 11 is 6.06. The van der Waals surface area contributed by atoms with E-state index >= 15 is 0 Å². The number of aryl methyl sites for hydroxylation is 2.